The van der Waals surface area contributed by atoms with Crippen LogP contribution in [-0.4, -0.2) is 41.7 Å². The van der Waals surface area contributed by atoms with Gasteiger partial charge >= 0.3 is 0 Å². The van der Waals surface area contributed by atoms with Crippen LogP contribution < -0.4 is 10.2 Å². The molecule has 7 heteroatoms. The molecule has 1 amide bonds. The van der Waals surface area contributed by atoms with Crippen molar-refractivity contribution in [2.45, 2.75) is 25.5 Å². The summed E-state index contributed by atoms with van der Waals surface area (Å²) in [6.45, 7) is 2.37. The fraction of sp³-hybridized carbons (Fsp3) is 0.471. The van der Waals surface area contributed by atoms with Crippen molar-refractivity contribution in [2.75, 3.05) is 24.6 Å². The van der Waals surface area contributed by atoms with Gasteiger partial charge in [-0.3, -0.25) is 4.79 Å². The van der Waals surface area contributed by atoms with E-state index in [1.165, 1.54) is 0 Å². The van der Waals surface area contributed by atoms with Crippen LogP contribution >= 0.6 is 0 Å². The Bertz CT molecular complexity index is 691. The number of carbonyl (C=O) groups excluding carboxylic acids is 1. The molecule has 1 N–H and O–H groups in total. The van der Waals surface area contributed by atoms with Crippen LogP contribution in [0.15, 0.2) is 41.3 Å². The fourth-order valence-corrected chi connectivity index (χ4v) is 3.65. The van der Waals surface area contributed by atoms with E-state index in [0.29, 0.717) is 32.1 Å². The Balaban J connectivity index is 1.52. The molecule has 0 aromatic carbocycles. The van der Waals surface area contributed by atoms with Gasteiger partial charge in [-0.2, -0.15) is 0 Å². The molecule has 2 atom stereocenters. The van der Waals surface area contributed by atoms with E-state index in [1.54, 1.807) is 24.7 Å². The number of rotatable bonds is 4. The maximum atomic E-state index is 13.0. The molecule has 2 aromatic rings. The average molecular weight is 328 g/mol. The van der Waals surface area contributed by atoms with Crippen LogP contribution in [0, 0.1) is 5.41 Å². The normalized spacial score (nSPS) is 26.2. The van der Waals surface area contributed by atoms with E-state index in [0.717, 1.165) is 18.7 Å². The van der Waals surface area contributed by atoms with Crippen LogP contribution in [-0.2, 0) is 16.1 Å². The van der Waals surface area contributed by atoms with Gasteiger partial charge in [0, 0.05) is 32.1 Å². The Kier molecular flexibility index (Phi) is 3.93. The second kappa shape index (κ2) is 6.24. The zero-order chi connectivity index (χ0) is 16.4. The van der Waals surface area contributed by atoms with Gasteiger partial charge in [0.25, 0.3) is 0 Å². The lowest BCUT2D eigenvalue weighted by Gasteiger charge is -2.42. The van der Waals surface area contributed by atoms with E-state index < -0.39 is 5.41 Å². The molecule has 7 nitrogen and oxygen atoms in total. The molecule has 0 radical (unpaired) electrons. The summed E-state index contributed by atoms with van der Waals surface area (Å²) in [6, 6.07) is 5.46. The van der Waals surface area contributed by atoms with Gasteiger partial charge in [0.05, 0.1) is 24.3 Å². The second-order valence-corrected chi connectivity index (χ2v) is 6.29. The molecule has 2 fully saturated rings. The Morgan fingerprint density at radius 2 is 2.25 bits per heavy atom. The lowest BCUT2D eigenvalue weighted by atomic mass is 9.75. The maximum absolute atomic E-state index is 13.0. The number of carbonyl (C=O) groups is 1. The number of fused-ring (bicyclic) bond motifs is 1. The quantitative estimate of drug-likeness (QED) is 0.913. The van der Waals surface area contributed by atoms with E-state index in [1.807, 2.05) is 12.1 Å². The maximum Gasteiger partial charge on any atom is 0.231 e. The largest absolute Gasteiger partial charge is 0.467 e. The lowest BCUT2D eigenvalue weighted by molar-refractivity contribution is -0.135. The van der Waals surface area contributed by atoms with Crippen molar-refractivity contribution in [3.63, 3.8) is 0 Å². The monoisotopic (exact) mass is 328 g/mol. The summed E-state index contributed by atoms with van der Waals surface area (Å²) in [4.78, 5) is 23.7. The molecular formula is C17H20N4O3. The van der Waals surface area contributed by atoms with Crippen LogP contribution in [0.5, 0.6) is 0 Å². The second-order valence-electron chi connectivity index (χ2n) is 6.29. The molecule has 0 saturated carbocycles. The SMILES string of the molecule is O=C(NCc1ccco1)[C@@]12CCO[C@@H]1CCN(c1ncccn1)C2. The number of anilines is 1. The fourth-order valence-electron chi connectivity index (χ4n) is 3.65. The van der Waals surface area contributed by atoms with E-state index in [9.17, 15) is 4.79 Å². The van der Waals surface area contributed by atoms with Crippen molar-refractivity contribution in [3.8, 4) is 0 Å². The highest BCUT2D eigenvalue weighted by Gasteiger charge is 2.53. The first-order chi connectivity index (χ1) is 11.8. The van der Waals surface area contributed by atoms with Gasteiger partial charge in [0.1, 0.15) is 5.76 Å². The number of hydrogen-bond acceptors (Lipinski definition) is 6. The molecule has 2 aliphatic heterocycles. The Morgan fingerprint density at radius 3 is 3.04 bits per heavy atom. The van der Waals surface area contributed by atoms with Crippen molar-refractivity contribution in [2.24, 2.45) is 5.41 Å². The lowest BCUT2D eigenvalue weighted by Crippen LogP contribution is -2.57. The van der Waals surface area contributed by atoms with Crippen molar-refractivity contribution in [3.05, 3.63) is 42.6 Å². The van der Waals surface area contributed by atoms with Gasteiger partial charge in [-0.1, -0.05) is 0 Å². The number of amides is 1. The molecule has 0 aliphatic carbocycles. The summed E-state index contributed by atoms with van der Waals surface area (Å²) in [6.07, 6.45) is 6.52. The highest BCUT2D eigenvalue weighted by molar-refractivity contribution is 5.84. The van der Waals surface area contributed by atoms with Gasteiger partial charge < -0.3 is 19.4 Å². The summed E-state index contributed by atoms with van der Waals surface area (Å²) in [5.41, 5.74) is -0.552. The first kappa shape index (κ1) is 15.1. The Morgan fingerprint density at radius 1 is 1.38 bits per heavy atom. The number of nitrogens with one attached hydrogen (secondary N) is 1. The van der Waals surface area contributed by atoms with Crippen molar-refractivity contribution >= 4 is 11.9 Å². The number of nitrogens with zero attached hydrogens (tertiary/aromatic N) is 3. The highest BCUT2D eigenvalue weighted by Crippen LogP contribution is 2.41. The van der Waals surface area contributed by atoms with Crippen LogP contribution in [0.3, 0.4) is 0 Å². The topological polar surface area (TPSA) is 80.5 Å². The first-order valence-corrected chi connectivity index (χ1v) is 8.22. The summed E-state index contributed by atoms with van der Waals surface area (Å²) in [5.74, 6) is 1.43. The minimum atomic E-state index is -0.552. The molecule has 0 unspecified atom stereocenters. The molecule has 2 aromatic heterocycles. The van der Waals surface area contributed by atoms with Crippen LogP contribution in [0.1, 0.15) is 18.6 Å². The van der Waals surface area contributed by atoms with E-state index >= 15 is 0 Å². The minimum absolute atomic E-state index is 0.0158. The van der Waals surface area contributed by atoms with Gasteiger partial charge in [-0.15, -0.1) is 0 Å². The number of aromatic nitrogens is 2. The molecule has 2 aliphatic rings. The number of furan rings is 1. The van der Waals surface area contributed by atoms with E-state index in [-0.39, 0.29) is 12.0 Å². The summed E-state index contributed by atoms with van der Waals surface area (Å²) >= 11 is 0. The zero-order valence-electron chi connectivity index (χ0n) is 13.4. The summed E-state index contributed by atoms with van der Waals surface area (Å²) in [7, 11) is 0. The van der Waals surface area contributed by atoms with Crippen molar-refractivity contribution < 1.29 is 13.9 Å². The molecular weight excluding hydrogens is 308 g/mol. The third kappa shape index (κ3) is 2.65. The molecule has 2 saturated heterocycles. The molecule has 126 valence electrons. The van der Waals surface area contributed by atoms with Gasteiger partial charge in [-0.25, -0.2) is 9.97 Å². The molecule has 0 spiro atoms. The molecule has 4 heterocycles. The van der Waals surface area contributed by atoms with Crippen LogP contribution in [0.4, 0.5) is 5.95 Å². The Labute approximate surface area is 140 Å². The first-order valence-electron chi connectivity index (χ1n) is 8.22. The predicted octanol–water partition coefficient (Wildman–Crippen LogP) is 1.37. The average Bonchev–Trinajstić information content (AvgIpc) is 3.29. The van der Waals surface area contributed by atoms with Crippen LogP contribution in [0.25, 0.3) is 0 Å². The van der Waals surface area contributed by atoms with Crippen LogP contribution in [0.2, 0.25) is 0 Å². The number of piperidine rings is 1. The minimum Gasteiger partial charge on any atom is -0.467 e. The molecule has 0 bridgehead atoms. The summed E-state index contributed by atoms with van der Waals surface area (Å²) < 4.78 is 11.1. The van der Waals surface area contributed by atoms with E-state index in [4.69, 9.17) is 9.15 Å². The van der Waals surface area contributed by atoms with Crippen molar-refractivity contribution in [1.29, 1.82) is 0 Å². The smallest absolute Gasteiger partial charge is 0.231 e. The Hall–Kier alpha value is -2.41. The van der Waals surface area contributed by atoms with Crippen molar-refractivity contribution in [1.82, 2.24) is 15.3 Å². The van der Waals surface area contributed by atoms with Gasteiger partial charge in [-0.05, 0) is 31.0 Å². The molecule has 4 rings (SSSR count). The number of hydrogen-bond donors (Lipinski definition) is 1. The van der Waals surface area contributed by atoms with E-state index in [2.05, 4.69) is 20.2 Å². The third-order valence-corrected chi connectivity index (χ3v) is 4.91. The predicted molar refractivity (Wildman–Crippen MR) is 86.2 cm³/mol. The third-order valence-electron chi connectivity index (χ3n) is 4.91. The standard InChI is InChI=1S/C17H20N4O3/c22-15(20-11-13-3-1-9-23-13)17-5-10-24-14(17)4-8-21(12-17)16-18-6-2-7-19-16/h1-3,6-7,9,14H,4-5,8,10-12H2,(H,20,22)/t14-,17-/m1/s1. The van der Waals surface area contributed by atoms with Gasteiger partial charge in [0.15, 0.2) is 0 Å². The number of ether oxygens (including phenoxy) is 1. The van der Waals surface area contributed by atoms with Gasteiger partial charge in [0.2, 0.25) is 11.9 Å². The zero-order valence-corrected chi connectivity index (χ0v) is 13.4. The highest BCUT2D eigenvalue weighted by atomic mass is 16.5. The molecule has 24 heavy (non-hydrogen) atoms. The summed E-state index contributed by atoms with van der Waals surface area (Å²) in [5, 5.41) is 3.01.